The number of unbranched alkanes of at least 4 members (excludes halogenated alkanes) is 1. The maximum absolute atomic E-state index is 5.75. The minimum Gasteiger partial charge on any atom is -0.381 e. The summed E-state index contributed by atoms with van der Waals surface area (Å²) in [5, 5.41) is 3.46. The molecule has 1 heterocycles. The molecule has 0 saturated carbocycles. The Morgan fingerprint density at radius 1 is 1.39 bits per heavy atom. The maximum Gasteiger partial charge on any atom is 0.0591 e. The molecular formula is C15H31NO2. The lowest BCUT2D eigenvalue weighted by atomic mass is 10.0. The van der Waals surface area contributed by atoms with Crippen molar-refractivity contribution in [2.24, 2.45) is 11.8 Å². The molecule has 1 rings (SSSR count). The second kappa shape index (κ2) is 10.8. The Hall–Kier alpha value is -0.120. The van der Waals surface area contributed by atoms with Crippen LogP contribution in [0.15, 0.2) is 0 Å². The summed E-state index contributed by atoms with van der Waals surface area (Å²) in [5.41, 5.74) is 0. The SMILES string of the molecule is CCCCC(CC)COCCNCC1CCOC1. The molecule has 2 unspecified atom stereocenters. The molecule has 1 fully saturated rings. The van der Waals surface area contributed by atoms with Crippen LogP contribution in [0.25, 0.3) is 0 Å². The first kappa shape index (κ1) is 15.9. The predicted octanol–water partition coefficient (Wildman–Crippen LogP) is 2.85. The third kappa shape index (κ3) is 7.34. The fraction of sp³-hybridized carbons (Fsp3) is 1.00. The van der Waals surface area contributed by atoms with Gasteiger partial charge in [0, 0.05) is 26.3 Å². The van der Waals surface area contributed by atoms with Crippen LogP contribution < -0.4 is 5.32 Å². The summed E-state index contributed by atoms with van der Waals surface area (Å²) >= 11 is 0. The van der Waals surface area contributed by atoms with Gasteiger partial charge in [-0.3, -0.25) is 0 Å². The second-order valence-electron chi connectivity index (χ2n) is 5.43. The molecule has 1 N–H and O–H groups in total. The number of rotatable bonds is 11. The number of nitrogens with one attached hydrogen (secondary N) is 1. The normalized spacial score (nSPS) is 21.3. The highest BCUT2D eigenvalue weighted by molar-refractivity contribution is 4.66. The molecule has 1 aliphatic heterocycles. The molecule has 1 saturated heterocycles. The van der Waals surface area contributed by atoms with E-state index < -0.39 is 0 Å². The fourth-order valence-electron chi connectivity index (χ4n) is 2.34. The van der Waals surface area contributed by atoms with Crippen molar-refractivity contribution in [2.45, 2.75) is 46.0 Å². The molecule has 0 aliphatic carbocycles. The molecule has 0 amide bonds. The molecule has 0 bridgehead atoms. The van der Waals surface area contributed by atoms with Crippen molar-refractivity contribution in [1.29, 1.82) is 0 Å². The van der Waals surface area contributed by atoms with E-state index in [4.69, 9.17) is 9.47 Å². The zero-order chi connectivity index (χ0) is 13.1. The Balaban J connectivity index is 1.87. The zero-order valence-corrected chi connectivity index (χ0v) is 12.2. The van der Waals surface area contributed by atoms with E-state index in [2.05, 4.69) is 19.2 Å². The summed E-state index contributed by atoms with van der Waals surface area (Å²) < 4.78 is 11.1. The molecular weight excluding hydrogens is 226 g/mol. The van der Waals surface area contributed by atoms with Crippen molar-refractivity contribution in [3.05, 3.63) is 0 Å². The lowest BCUT2D eigenvalue weighted by molar-refractivity contribution is 0.0949. The molecule has 1 aliphatic rings. The van der Waals surface area contributed by atoms with Gasteiger partial charge in [-0.15, -0.1) is 0 Å². The first-order valence-corrected chi connectivity index (χ1v) is 7.73. The first-order chi connectivity index (χ1) is 8.86. The van der Waals surface area contributed by atoms with E-state index in [1.807, 2.05) is 0 Å². The molecule has 0 aromatic carbocycles. The third-order valence-corrected chi connectivity index (χ3v) is 3.78. The quantitative estimate of drug-likeness (QED) is 0.577. The monoisotopic (exact) mass is 257 g/mol. The summed E-state index contributed by atoms with van der Waals surface area (Å²) in [7, 11) is 0. The Morgan fingerprint density at radius 2 is 2.28 bits per heavy atom. The van der Waals surface area contributed by atoms with Gasteiger partial charge in [0.25, 0.3) is 0 Å². The Bertz CT molecular complexity index is 181. The fourth-order valence-corrected chi connectivity index (χ4v) is 2.34. The molecule has 0 aromatic heterocycles. The average molecular weight is 257 g/mol. The van der Waals surface area contributed by atoms with Crippen LogP contribution in [0.4, 0.5) is 0 Å². The average Bonchev–Trinajstić information content (AvgIpc) is 2.90. The van der Waals surface area contributed by atoms with Crippen LogP contribution in [-0.4, -0.2) is 39.5 Å². The van der Waals surface area contributed by atoms with Crippen molar-refractivity contribution in [1.82, 2.24) is 5.32 Å². The van der Waals surface area contributed by atoms with Crippen LogP contribution in [0.3, 0.4) is 0 Å². The molecule has 0 spiro atoms. The lowest BCUT2D eigenvalue weighted by Gasteiger charge is -2.15. The van der Waals surface area contributed by atoms with Crippen LogP contribution in [0.5, 0.6) is 0 Å². The van der Waals surface area contributed by atoms with E-state index in [0.717, 1.165) is 51.4 Å². The highest BCUT2D eigenvalue weighted by Crippen LogP contribution is 2.12. The summed E-state index contributed by atoms with van der Waals surface area (Å²) in [6, 6.07) is 0. The summed E-state index contributed by atoms with van der Waals surface area (Å²) in [6.45, 7) is 10.2. The third-order valence-electron chi connectivity index (χ3n) is 3.78. The Morgan fingerprint density at radius 3 is 2.94 bits per heavy atom. The second-order valence-corrected chi connectivity index (χ2v) is 5.43. The molecule has 2 atom stereocenters. The van der Waals surface area contributed by atoms with E-state index >= 15 is 0 Å². The Labute approximate surface area is 113 Å². The molecule has 0 aromatic rings. The molecule has 3 heteroatoms. The van der Waals surface area contributed by atoms with Gasteiger partial charge < -0.3 is 14.8 Å². The van der Waals surface area contributed by atoms with Gasteiger partial charge in [0.1, 0.15) is 0 Å². The summed E-state index contributed by atoms with van der Waals surface area (Å²) in [4.78, 5) is 0. The largest absolute Gasteiger partial charge is 0.381 e. The Kier molecular flexibility index (Phi) is 9.54. The zero-order valence-electron chi connectivity index (χ0n) is 12.2. The van der Waals surface area contributed by atoms with Crippen molar-refractivity contribution in [3.63, 3.8) is 0 Å². The van der Waals surface area contributed by atoms with E-state index in [1.54, 1.807) is 0 Å². The minimum atomic E-state index is 0.720. The van der Waals surface area contributed by atoms with Crippen LogP contribution in [0.2, 0.25) is 0 Å². The van der Waals surface area contributed by atoms with Gasteiger partial charge in [-0.25, -0.2) is 0 Å². The van der Waals surface area contributed by atoms with Crippen molar-refractivity contribution >= 4 is 0 Å². The van der Waals surface area contributed by atoms with Crippen LogP contribution in [0.1, 0.15) is 46.0 Å². The smallest absolute Gasteiger partial charge is 0.0591 e. The lowest BCUT2D eigenvalue weighted by Crippen LogP contribution is -2.27. The maximum atomic E-state index is 5.75. The number of hydrogen-bond donors (Lipinski definition) is 1. The molecule has 18 heavy (non-hydrogen) atoms. The van der Waals surface area contributed by atoms with Gasteiger partial charge in [-0.05, 0) is 24.7 Å². The number of ether oxygens (including phenoxy) is 2. The van der Waals surface area contributed by atoms with Crippen molar-refractivity contribution < 1.29 is 9.47 Å². The van der Waals surface area contributed by atoms with Crippen molar-refractivity contribution in [3.8, 4) is 0 Å². The summed E-state index contributed by atoms with van der Waals surface area (Å²) in [6.07, 6.45) is 6.40. The highest BCUT2D eigenvalue weighted by Gasteiger charge is 2.14. The van der Waals surface area contributed by atoms with Gasteiger partial charge in [0.2, 0.25) is 0 Å². The minimum absolute atomic E-state index is 0.720. The number of hydrogen-bond acceptors (Lipinski definition) is 3. The summed E-state index contributed by atoms with van der Waals surface area (Å²) in [5.74, 6) is 1.48. The van der Waals surface area contributed by atoms with Gasteiger partial charge in [0.15, 0.2) is 0 Å². The van der Waals surface area contributed by atoms with E-state index in [0.29, 0.717) is 0 Å². The highest BCUT2D eigenvalue weighted by atomic mass is 16.5. The molecule has 108 valence electrons. The van der Waals surface area contributed by atoms with Gasteiger partial charge in [-0.1, -0.05) is 33.1 Å². The van der Waals surface area contributed by atoms with Gasteiger partial charge in [-0.2, -0.15) is 0 Å². The van der Waals surface area contributed by atoms with E-state index in [1.165, 1.54) is 32.1 Å². The van der Waals surface area contributed by atoms with Gasteiger partial charge >= 0.3 is 0 Å². The van der Waals surface area contributed by atoms with Crippen molar-refractivity contribution in [2.75, 3.05) is 39.5 Å². The van der Waals surface area contributed by atoms with E-state index in [9.17, 15) is 0 Å². The first-order valence-electron chi connectivity index (χ1n) is 7.73. The molecule has 3 nitrogen and oxygen atoms in total. The van der Waals surface area contributed by atoms with Crippen LogP contribution in [-0.2, 0) is 9.47 Å². The van der Waals surface area contributed by atoms with Crippen LogP contribution >= 0.6 is 0 Å². The molecule has 0 radical (unpaired) electrons. The predicted molar refractivity (Wildman–Crippen MR) is 75.9 cm³/mol. The topological polar surface area (TPSA) is 30.5 Å². The van der Waals surface area contributed by atoms with E-state index in [-0.39, 0.29) is 0 Å². The standard InChI is InChI=1S/C15H31NO2/c1-3-5-6-14(4-2)12-18-10-8-16-11-15-7-9-17-13-15/h14-16H,3-13H2,1-2H3. The van der Waals surface area contributed by atoms with Crippen LogP contribution in [0, 0.1) is 11.8 Å². The van der Waals surface area contributed by atoms with Gasteiger partial charge in [0.05, 0.1) is 13.2 Å².